The fraction of sp³-hybridized carbons (Fsp3) is 0.833. The molecule has 18 heavy (non-hydrogen) atoms. The second-order valence-electron chi connectivity index (χ2n) is 5.08. The summed E-state index contributed by atoms with van der Waals surface area (Å²) in [6, 6.07) is 0. The van der Waals surface area contributed by atoms with E-state index in [0.29, 0.717) is 11.7 Å². The minimum Gasteiger partial charge on any atom is -0.381 e. The van der Waals surface area contributed by atoms with Crippen LogP contribution < -0.4 is 5.73 Å². The van der Waals surface area contributed by atoms with Gasteiger partial charge in [0.25, 0.3) is 0 Å². The second kappa shape index (κ2) is 5.67. The van der Waals surface area contributed by atoms with Crippen LogP contribution in [-0.2, 0) is 11.3 Å². The van der Waals surface area contributed by atoms with E-state index in [0.717, 1.165) is 38.5 Å². The molecule has 2 rings (SSSR count). The van der Waals surface area contributed by atoms with Gasteiger partial charge in [-0.25, -0.2) is 4.68 Å². The van der Waals surface area contributed by atoms with Crippen LogP contribution in [0, 0.1) is 0 Å². The first-order valence-electron chi connectivity index (χ1n) is 6.64. The molecule has 6 heteroatoms. The maximum absolute atomic E-state index is 5.86. The molecule has 1 atom stereocenters. The van der Waals surface area contributed by atoms with Crippen molar-refractivity contribution in [2.75, 3.05) is 32.0 Å². The van der Waals surface area contributed by atoms with E-state index in [9.17, 15) is 0 Å². The lowest BCUT2D eigenvalue weighted by Gasteiger charge is -2.32. The Labute approximate surface area is 108 Å². The molecule has 1 fully saturated rings. The van der Waals surface area contributed by atoms with Gasteiger partial charge < -0.3 is 10.5 Å². The molecular formula is C12H23N5O. The number of ether oxygens (including phenoxy) is 1. The number of anilines is 1. The molecule has 0 aromatic carbocycles. The van der Waals surface area contributed by atoms with E-state index in [1.165, 1.54) is 0 Å². The zero-order chi connectivity index (χ0) is 13.1. The van der Waals surface area contributed by atoms with E-state index >= 15 is 0 Å². The lowest BCUT2D eigenvalue weighted by Crippen LogP contribution is -2.44. The van der Waals surface area contributed by atoms with Gasteiger partial charge in [-0.3, -0.25) is 4.90 Å². The molecule has 0 saturated carbocycles. The normalized spacial score (nSPS) is 21.7. The molecule has 6 nitrogen and oxygen atoms in total. The summed E-state index contributed by atoms with van der Waals surface area (Å²) in [5.41, 5.74) is 6.86. The highest BCUT2D eigenvalue weighted by atomic mass is 16.5. The van der Waals surface area contributed by atoms with Crippen LogP contribution in [0.4, 0.5) is 5.82 Å². The Morgan fingerprint density at radius 2 is 2.28 bits per heavy atom. The minimum absolute atomic E-state index is 0.178. The molecule has 1 aliphatic heterocycles. The molecule has 2 heterocycles. The van der Waals surface area contributed by atoms with Gasteiger partial charge in [-0.2, -0.15) is 0 Å². The van der Waals surface area contributed by atoms with Gasteiger partial charge >= 0.3 is 0 Å². The van der Waals surface area contributed by atoms with Gasteiger partial charge in [0.1, 0.15) is 0 Å². The Bertz CT molecular complexity index is 390. The van der Waals surface area contributed by atoms with E-state index in [2.05, 4.69) is 36.0 Å². The third kappa shape index (κ3) is 2.81. The largest absolute Gasteiger partial charge is 0.381 e. The fourth-order valence-corrected chi connectivity index (χ4v) is 2.43. The summed E-state index contributed by atoms with van der Waals surface area (Å²) in [6.07, 6.45) is 0.178. The summed E-state index contributed by atoms with van der Waals surface area (Å²) in [5.74, 6) is 0.860. The van der Waals surface area contributed by atoms with Crippen LogP contribution in [0.1, 0.15) is 32.4 Å². The van der Waals surface area contributed by atoms with Crippen LogP contribution >= 0.6 is 0 Å². The number of nitrogens with zero attached hydrogens (tertiary/aromatic N) is 4. The molecule has 0 spiro atoms. The average molecular weight is 253 g/mol. The van der Waals surface area contributed by atoms with Gasteiger partial charge in [0, 0.05) is 13.1 Å². The summed E-state index contributed by atoms with van der Waals surface area (Å²) in [7, 11) is 0. The number of hydrogen-bond acceptors (Lipinski definition) is 5. The van der Waals surface area contributed by atoms with Crippen molar-refractivity contribution in [3.05, 3.63) is 5.69 Å². The van der Waals surface area contributed by atoms with Crippen LogP contribution in [0.2, 0.25) is 0 Å². The molecule has 0 radical (unpaired) electrons. The minimum atomic E-state index is 0.178. The van der Waals surface area contributed by atoms with Gasteiger partial charge in [0.15, 0.2) is 5.82 Å². The molecule has 1 saturated heterocycles. The van der Waals surface area contributed by atoms with Crippen molar-refractivity contribution >= 4 is 5.82 Å². The number of nitrogen functional groups attached to an aromatic ring is 1. The van der Waals surface area contributed by atoms with Crippen LogP contribution in [0.25, 0.3) is 0 Å². The molecule has 1 unspecified atom stereocenters. The molecule has 2 N–H and O–H groups in total. The monoisotopic (exact) mass is 253 g/mol. The quantitative estimate of drug-likeness (QED) is 0.855. The molecular weight excluding hydrogens is 230 g/mol. The highest BCUT2D eigenvalue weighted by molar-refractivity contribution is 5.35. The van der Waals surface area contributed by atoms with E-state index < -0.39 is 0 Å². The average Bonchev–Trinajstić information content (AvgIpc) is 2.70. The second-order valence-corrected chi connectivity index (χ2v) is 5.08. The molecule has 0 amide bonds. The third-order valence-electron chi connectivity index (χ3n) is 3.39. The Hall–Kier alpha value is -1.14. The molecule has 1 aromatic rings. The Kier molecular flexibility index (Phi) is 4.19. The lowest BCUT2D eigenvalue weighted by atomic mass is 10.1. The lowest BCUT2D eigenvalue weighted by molar-refractivity contribution is -0.0364. The predicted octanol–water partition coefficient (Wildman–Crippen LogP) is 0.704. The zero-order valence-electron chi connectivity index (χ0n) is 11.5. The Morgan fingerprint density at radius 3 is 2.94 bits per heavy atom. The van der Waals surface area contributed by atoms with Crippen molar-refractivity contribution in [3.63, 3.8) is 0 Å². The van der Waals surface area contributed by atoms with Crippen LogP contribution in [0.15, 0.2) is 0 Å². The Balaban J connectivity index is 2.05. The number of nitrogens with two attached hydrogens (primary N) is 1. The highest BCUT2D eigenvalue weighted by Crippen LogP contribution is 2.20. The highest BCUT2D eigenvalue weighted by Gasteiger charge is 2.22. The number of likely N-dealkylation sites (N-methyl/N-ethyl adjacent to an activating group) is 1. The topological polar surface area (TPSA) is 69.2 Å². The molecule has 1 aliphatic rings. The van der Waals surface area contributed by atoms with Crippen molar-refractivity contribution in [1.29, 1.82) is 0 Å². The fourth-order valence-electron chi connectivity index (χ4n) is 2.43. The van der Waals surface area contributed by atoms with Crippen LogP contribution in [0.3, 0.4) is 0 Å². The number of aromatic nitrogens is 3. The Morgan fingerprint density at radius 1 is 1.50 bits per heavy atom. The summed E-state index contributed by atoms with van der Waals surface area (Å²) >= 11 is 0. The van der Waals surface area contributed by atoms with Crippen molar-refractivity contribution < 1.29 is 4.74 Å². The van der Waals surface area contributed by atoms with Gasteiger partial charge in [-0.1, -0.05) is 26.0 Å². The summed E-state index contributed by atoms with van der Waals surface area (Å²) in [5, 5.41) is 8.09. The van der Waals surface area contributed by atoms with Gasteiger partial charge in [-0.05, 0) is 12.5 Å². The first-order valence-corrected chi connectivity index (χ1v) is 6.64. The zero-order valence-corrected chi connectivity index (χ0v) is 11.5. The number of morpholine rings is 1. The molecule has 0 bridgehead atoms. The summed E-state index contributed by atoms with van der Waals surface area (Å²) in [6.45, 7) is 10.9. The first kappa shape index (κ1) is 13.3. The van der Waals surface area contributed by atoms with E-state index in [1.54, 1.807) is 0 Å². The third-order valence-corrected chi connectivity index (χ3v) is 3.39. The van der Waals surface area contributed by atoms with Crippen molar-refractivity contribution in [2.24, 2.45) is 0 Å². The SMILES string of the molecule is CCN1CCOC(Cn2nnc(N)c2C(C)C)C1. The smallest absolute Gasteiger partial charge is 0.169 e. The van der Waals surface area contributed by atoms with Gasteiger partial charge in [0.2, 0.25) is 0 Å². The molecule has 102 valence electrons. The van der Waals surface area contributed by atoms with Gasteiger partial charge in [0.05, 0.1) is 24.9 Å². The number of hydrogen-bond donors (Lipinski definition) is 1. The maximum Gasteiger partial charge on any atom is 0.169 e. The van der Waals surface area contributed by atoms with E-state index in [-0.39, 0.29) is 6.10 Å². The van der Waals surface area contributed by atoms with Gasteiger partial charge in [-0.15, -0.1) is 5.10 Å². The van der Waals surface area contributed by atoms with E-state index in [1.807, 2.05) is 4.68 Å². The maximum atomic E-state index is 5.86. The summed E-state index contributed by atoms with van der Waals surface area (Å²) < 4.78 is 7.68. The summed E-state index contributed by atoms with van der Waals surface area (Å²) in [4.78, 5) is 2.39. The predicted molar refractivity (Wildman–Crippen MR) is 70.4 cm³/mol. The van der Waals surface area contributed by atoms with E-state index in [4.69, 9.17) is 10.5 Å². The standard InChI is InChI=1S/C12H23N5O/c1-4-16-5-6-18-10(7-16)8-17-11(9(2)3)12(13)14-15-17/h9-10H,4-8,13H2,1-3H3. The van der Waals surface area contributed by atoms with Crippen LogP contribution in [-0.4, -0.2) is 52.2 Å². The van der Waals surface area contributed by atoms with Crippen molar-refractivity contribution in [3.8, 4) is 0 Å². The number of rotatable bonds is 4. The van der Waals surface area contributed by atoms with Crippen molar-refractivity contribution in [2.45, 2.75) is 39.3 Å². The molecule has 0 aliphatic carbocycles. The van der Waals surface area contributed by atoms with Crippen LogP contribution in [0.5, 0.6) is 0 Å². The first-order chi connectivity index (χ1) is 8.61. The molecule has 1 aromatic heterocycles. The van der Waals surface area contributed by atoms with Crippen molar-refractivity contribution in [1.82, 2.24) is 19.9 Å².